The lowest BCUT2D eigenvalue weighted by molar-refractivity contribution is 0.608. The van der Waals surface area contributed by atoms with Gasteiger partial charge in [0.05, 0.1) is 6.04 Å². The smallest absolute Gasteiger partial charge is 0.126 e. The normalized spacial score (nSPS) is 12.5. The van der Waals surface area contributed by atoms with Crippen LogP contribution in [0.4, 0.5) is 4.39 Å². The Morgan fingerprint density at radius 2 is 1.84 bits per heavy atom. The molecule has 3 heteroatoms. The van der Waals surface area contributed by atoms with Crippen LogP contribution in [0.25, 0.3) is 0 Å². The van der Waals surface area contributed by atoms with E-state index in [0.29, 0.717) is 10.6 Å². The molecule has 19 heavy (non-hydrogen) atoms. The number of rotatable bonds is 3. The second kappa shape index (κ2) is 5.72. The molecule has 0 aromatic heterocycles. The minimum atomic E-state index is -0.194. The van der Waals surface area contributed by atoms with E-state index >= 15 is 0 Å². The highest BCUT2D eigenvalue weighted by Gasteiger charge is 2.16. The van der Waals surface area contributed by atoms with Crippen molar-refractivity contribution in [3.63, 3.8) is 0 Å². The summed E-state index contributed by atoms with van der Waals surface area (Å²) < 4.78 is 13.7. The first kappa shape index (κ1) is 14.0. The molecule has 0 radical (unpaired) electrons. The van der Waals surface area contributed by atoms with Crippen molar-refractivity contribution in [1.29, 1.82) is 0 Å². The highest BCUT2D eigenvalue weighted by molar-refractivity contribution is 6.31. The average Bonchev–Trinajstić information content (AvgIpc) is 2.37. The highest BCUT2D eigenvalue weighted by Crippen LogP contribution is 2.29. The van der Waals surface area contributed by atoms with Crippen LogP contribution < -0.4 is 5.32 Å². The molecule has 0 aliphatic heterocycles. The van der Waals surface area contributed by atoms with Gasteiger partial charge in [-0.1, -0.05) is 35.9 Å². The molecular weight excluding hydrogens is 261 g/mol. The fraction of sp³-hybridized carbons (Fsp3) is 0.250. The van der Waals surface area contributed by atoms with Crippen LogP contribution in [0.15, 0.2) is 36.4 Å². The van der Waals surface area contributed by atoms with Crippen molar-refractivity contribution < 1.29 is 4.39 Å². The van der Waals surface area contributed by atoms with Crippen molar-refractivity contribution in [2.45, 2.75) is 19.9 Å². The number of aryl methyl sites for hydroxylation is 2. The summed E-state index contributed by atoms with van der Waals surface area (Å²) in [6.45, 7) is 3.75. The van der Waals surface area contributed by atoms with E-state index in [4.69, 9.17) is 11.6 Å². The van der Waals surface area contributed by atoms with E-state index < -0.39 is 0 Å². The molecule has 1 unspecified atom stereocenters. The Bertz CT molecular complexity index is 595. The fourth-order valence-corrected chi connectivity index (χ4v) is 2.50. The van der Waals surface area contributed by atoms with Gasteiger partial charge in [0.15, 0.2) is 0 Å². The molecule has 0 fully saturated rings. The minimum Gasteiger partial charge on any atom is -0.309 e. The first-order valence-corrected chi connectivity index (χ1v) is 6.60. The van der Waals surface area contributed by atoms with Gasteiger partial charge in [0.1, 0.15) is 5.82 Å². The van der Waals surface area contributed by atoms with Gasteiger partial charge in [-0.25, -0.2) is 4.39 Å². The van der Waals surface area contributed by atoms with E-state index in [1.165, 1.54) is 0 Å². The molecule has 2 rings (SSSR count). The summed E-state index contributed by atoms with van der Waals surface area (Å²) in [5, 5.41) is 3.89. The van der Waals surface area contributed by atoms with Crippen molar-refractivity contribution in [2.24, 2.45) is 0 Å². The minimum absolute atomic E-state index is 0.108. The molecule has 1 N–H and O–H groups in total. The lowest BCUT2D eigenvalue weighted by Crippen LogP contribution is -2.18. The SMILES string of the molecule is CNC(c1ccc(C)c(F)c1)c1ccc(C)cc1Cl. The first-order valence-electron chi connectivity index (χ1n) is 6.22. The van der Waals surface area contributed by atoms with Gasteiger partial charge in [-0.3, -0.25) is 0 Å². The van der Waals surface area contributed by atoms with Gasteiger partial charge in [-0.2, -0.15) is 0 Å². The molecule has 0 spiro atoms. The second-order valence-corrected chi connectivity index (χ2v) is 5.16. The summed E-state index contributed by atoms with van der Waals surface area (Å²) >= 11 is 6.29. The van der Waals surface area contributed by atoms with Crippen LogP contribution in [0, 0.1) is 19.7 Å². The largest absolute Gasteiger partial charge is 0.309 e. The summed E-state index contributed by atoms with van der Waals surface area (Å²) in [6, 6.07) is 11.1. The van der Waals surface area contributed by atoms with Crippen LogP contribution in [0.5, 0.6) is 0 Å². The first-order chi connectivity index (χ1) is 9.02. The Balaban J connectivity index is 2.46. The molecule has 1 atom stereocenters. The number of halogens is 2. The maximum Gasteiger partial charge on any atom is 0.126 e. The van der Waals surface area contributed by atoms with Crippen LogP contribution in [0.3, 0.4) is 0 Å². The summed E-state index contributed by atoms with van der Waals surface area (Å²) in [4.78, 5) is 0. The third kappa shape index (κ3) is 2.96. The number of benzene rings is 2. The van der Waals surface area contributed by atoms with Gasteiger partial charge in [0.2, 0.25) is 0 Å². The van der Waals surface area contributed by atoms with Crippen molar-refractivity contribution in [3.05, 3.63) is 69.5 Å². The summed E-state index contributed by atoms with van der Waals surface area (Å²) in [5.74, 6) is -0.194. The number of hydrogen-bond donors (Lipinski definition) is 1. The van der Waals surface area contributed by atoms with Gasteiger partial charge >= 0.3 is 0 Å². The molecule has 0 bridgehead atoms. The Hall–Kier alpha value is -1.38. The zero-order valence-corrected chi connectivity index (χ0v) is 12.1. The quantitative estimate of drug-likeness (QED) is 0.876. The van der Waals surface area contributed by atoms with Crippen LogP contribution in [-0.2, 0) is 0 Å². The predicted octanol–water partition coefficient (Wildman–Crippen LogP) is 4.40. The molecule has 0 saturated heterocycles. The zero-order valence-electron chi connectivity index (χ0n) is 11.3. The maximum atomic E-state index is 13.7. The fourth-order valence-electron chi connectivity index (χ4n) is 2.16. The predicted molar refractivity (Wildman–Crippen MR) is 78.2 cm³/mol. The summed E-state index contributed by atoms with van der Waals surface area (Å²) in [6.07, 6.45) is 0. The number of nitrogens with one attached hydrogen (secondary N) is 1. The van der Waals surface area contributed by atoms with Gasteiger partial charge in [0.25, 0.3) is 0 Å². The standard InChI is InChI=1S/C16H17ClFN/c1-10-4-7-13(14(17)8-10)16(19-3)12-6-5-11(2)15(18)9-12/h4-9,16,19H,1-3H3. The molecule has 0 aliphatic carbocycles. The monoisotopic (exact) mass is 277 g/mol. The highest BCUT2D eigenvalue weighted by atomic mass is 35.5. The van der Waals surface area contributed by atoms with Crippen LogP contribution in [-0.4, -0.2) is 7.05 Å². The van der Waals surface area contributed by atoms with E-state index in [0.717, 1.165) is 16.7 Å². The van der Waals surface area contributed by atoms with Crippen molar-refractivity contribution in [2.75, 3.05) is 7.05 Å². The van der Waals surface area contributed by atoms with Gasteiger partial charge < -0.3 is 5.32 Å². The average molecular weight is 278 g/mol. The molecule has 100 valence electrons. The van der Waals surface area contributed by atoms with Gasteiger partial charge in [-0.05, 0) is 55.3 Å². The lowest BCUT2D eigenvalue weighted by Gasteiger charge is -2.19. The molecule has 2 aromatic rings. The molecular formula is C16H17ClFN. The molecule has 0 amide bonds. The molecule has 0 heterocycles. The van der Waals surface area contributed by atoms with E-state index in [1.807, 2.05) is 38.2 Å². The Kier molecular flexibility index (Phi) is 4.23. The topological polar surface area (TPSA) is 12.0 Å². The lowest BCUT2D eigenvalue weighted by atomic mass is 9.97. The Labute approximate surface area is 118 Å². The zero-order chi connectivity index (χ0) is 14.0. The van der Waals surface area contributed by atoms with Crippen molar-refractivity contribution in [3.8, 4) is 0 Å². The van der Waals surface area contributed by atoms with E-state index in [-0.39, 0.29) is 11.9 Å². The van der Waals surface area contributed by atoms with E-state index in [1.54, 1.807) is 19.1 Å². The summed E-state index contributed by atoms with van der Waals surface area (Å²) in [7, 11) is 1.85. The van der Waals surface area contributed by atoms with E-state index in [9.17, 15) is 4.39 Å². The second-order valence-electron chi connectivity index (χ2n) is 4.76. The van der Waals surface area contributed by atoms with Crippen molar-refractivity contribution >= 4 is 11.6 Å². The summed E-state index contributed by atoms with van der Waals surface area (Å²) in [5.41, 5.74) is 3.58. The third-order valence-corrected chi connectivity index (χ3v) is 3.61. The van der Waals surface area contributed by atoms with Crippen LogP contribution in [0.1, 0.15) is 28.3 Å². The van der Waals surface area contributed by atoms with Crippen molar-refractivity contribution in [1.82, 2.24) is 5.32 Å². The van der Waals surface area contributed by atoms with Crippen LogP contribution in [0.2, 0.25) is 5.02 Å². The van der Waals surface area contributed by atoms with E-state index in [2.05, 4.69) is 5.32 Å². The molecule has 0 aliphatic rings. The Morgan fingerprint density at radius 3 is 2.42 bits per heavy atom. The Morgan fingerprint density at radius 1 is 1.11 bits per heavy atom. The maximum absolute atomic E-state index is 13.7. The third-order valence-electron chi connectivity index (χ3n) is 3.28. The van der Waals surface area contributed by atoms with Gasteiger partial charge in [0, 0.05) is 5.02 Å². The molecule has 0 saturated carbocycles. The van der Waals surface area contributed by atoms with Crippen LogP contribution >= 0.6 is 11.6 Å². The van der Waals surface area contributed by atoms with Gasteiger partial charge in [-0.15, -0.1) is 0 Å². The molecule has 2 aromatic carbocycles. The molecule has 1 nitrogen and oxygen atoms in total. The number of hydrogen-bond acceptors (Lipinski definition) is 1.